The second-order valence-corrected chi connectivity index (χ2v) is 6.32. The van der Waals surface area contributed by atoms with E-state index < -0.39 is 0 Å². The lowest BCUT2D eigenvalue weighted by Gasteiger charge is -2.09. The Morgan fingerprint density at radius 2 is 1.69 bits per heavy atom. The number of carbonyl (C=O) groups excluding carboxylic acids is 2. The van der Waals surface area contributed by atoms with Gasteiger partial charge in [0.25, 0.3) is 11.5 Å². The van der Waals surface area contributed by atoms with Gasteiger partial charge in [-0.3, -0.25) is 14.4 Å². The van der Waals surface area contributed by atoms with E-state index in [9.17, 15) is 14.4 Å². The van der Waals surface area contributed by atoms with Crippen molar-refractivity contribution >= 4 is 17.5 Å². The van der Waals surface area contributed by atoms with Crippen LogP contribution in [0.5, 0.6) is 5.75 Å². The third-order valence-corrected chi connectivity index (χ3v) is 4.25. The summed E-state index contributed by atoms with van der Waals surface area (Å²) >= 11 is 0. The van der Waals surface area contributed by atoms with Crippen LogP contribution in [-0.4, -0.2) is 30.0 Å². The van der Waals surface area contributed by atoms with Crippen molar-refractivity contribution in [3.8, 4) is 5.75 Å². The fraction of sp³-hybridized carbons (Fsp3) is 0.136. The molecule has 0 aliphatic carbocycles. The molecule has 2 aromatic carbocycles. The van der Waals surface area contributed by atoms with Gasteiger partial charge in [0, 0.05) is 23.5 Å². The van der Waals surface area contributed by atoms with Crippen molar-refractivity contribution in [2.75, 3.05) is 19.0 Å². The van der Waals surface area contributed by atoms with Crippen LogP contribution in [0.15, 0.2) is 77.7 Å². The Bertz CT molecular complexity index is 1040. The predicted molar refractivity (Wildman–Crippen MR) is 110 cm³/mol. The van der Waals surface area contributed by atoms with Crippen molar-refractivity contribution in [2.45, 2.75) is 6.54 Å². The largest absolute Gasteiger partial charge is 0.497 e. The minimum atomic E-state index is -0.341. The lowest BCUT2D eigenvalue weighted by molar-refractivity contribution is -0.115. The molecular weight excluding hydrogens is 370 g/mol. The van der Waals surface area contributed by atoms with Crippen LogP contribution in [0.2, 0.25) is 0 Å². The van der Waals surface area contributed by atoms with Crippen LogP contribution in [0.1, 0.15) is 15.9 Å². The van der Waals surface area contributed by atoms with Crippen LogP contribution in [0.25, 0.3) is 0 Å². The molecule has 7 heteroatoms. The van der Waals surface area contributed by atoms with E-state index in [-0.39, 0.29) is 23.9 Å². The first-order valence-electron chi connectivity index (χ1n) is 9.01. The minimum absolute atomic E-state index is 0.0718. The number of nitrogens with zero attached hydrogens (tertiary/aromatic N) is 1. The molecule has 0 unspecified atom stereocenters. The number of benzene rings is 2. The highest BCUT2D eigenvalue weighted by Gasteiger charge is 2.08. The van der Waals surface area contributed by atoms with Crippen molar-refractivity contribution in [3.63, 3.8) is 0 Å². The molecule has 0 atom stereocenters. The van der Waals surface area contributed by atoms with Gasteiger partial charge in [0.05, 0.1) is 20.2 Å². The molecule has 2 amide bonds. The highest BCUT2D eigenvalue weighted by atomic mass is 16.5. The summed E-state index contributed by atoms with van der Waals surface area (Å²) in [6, 6.07) is 18.8. The fourth-order valence-corrected chi connectivity index (χ4v) is 2.69. The zero-order valence-electron chi connectivity index (χ0n) is 15.9. The molecule has 1 heterocycles. The molecule has 2 N–H and O–H groups in total. The Morgan fingerprint density at radius 3 is 2.34 bits per heavy atom. The van der Waals surface area contributed by atoms with Gasteiger partial charge < -0.3 is 19.9 Å². The van der Waals surface area contributed by atoms with Gasteiger partial charge in [0.2, 0.25) is 5.91 Å². The summed E-state index contributed by atoms with van der Waals surface area (Å²) in [7, 11) is 1.55. The highest BCUT2D eigenvalue weighted by molar-refractivity contribution is 5.99. The Hall–Kier alpha value is -3.87. The zero-order valence-corrected chi connectivity index (χ0v) is 15.9. The lowest BCUT2D eigenvalue weighted by atomic mass is 10.2. The van der Waals surface area contributed by atoms with Crippen LogP contribution in [-0.2, 0) is 11.3 Å². The maximum atomic E-state index is 12.1. The van der Waals surface area contributed by atoms with Crippen LogP contribution in [0.3, 0.4) is 0 Å². The molecule has 1 aromatic heterocycles. The van der Waals surface area contributed by atoms with Gasteiger partial charge in [-0.1, -0.05) is 18.2 Å². The summed E-state index contributed by atoms with van der Waals surface area (Å²) in [5, 5.41) is 5.30. The average molecular weight is 391 g/mol. The monoisotopic (exact) mass is 391 g/mol. The molecule has 7 nitrogen and oxygen atoms in total. The number of amides is 2. The third-order valence-electron chi connectivity index (χ3n) is 4.25. The molecule has 0 bridgehead atoms. The van der Waals surface area contributed by atoms with Crippen LogP contribution >= 0.6 is 0 Å². The number of anilines is 1. The second kappa shape index (κ2) is 9.36. The molecule has 29 heavy (non-hydrogen) atoms. The molecule has 0 spiro atoms. The Morgan fingerprint density at radius 1 is 0.966 bits per heavy atom. The van der Waals surface area contributed by atoms with Gasteiger partial charge >= 0.3 is 0 Å². The predicted octanol–water partition coefficient (Wildman–Crippen LogP) is 2.27. The number of aromatic nitrogens is 1. The Kier molecular flexibility index (Phi) is 6.42. The van der Waals surface area contributed by atoms with Gasteiger partial charge in [-0.2, -0.15) is 0 Å². The first kappa shape index (κ1) is 19.9. The summed E-state index contributed by atoms with van der Waals surface area (Å²) in [5.41, 5.74) is 1.92. The zero-order chi connectivity index (χ0) is 20.6. The lowest BCUT2D eigenvalue weighted by Crippen LogP contribution is -2.32. The van der Waals surface area contributed by atoms with Crippen molar-refractivity contribution < 1.29 is 14.3 Å². The summed E-state index contributed by atoms with van der Waals surface area (Å²) in [5.74, 6) is -0.0229. The molecule has 0 fully saturated rings. The number of hydrogen-bond donors (Lipinski definition) is 2. The summed E-state index contributed by atoms with van der Waals surface area (Å²) in [6.07, 6.45) is 1.73. The normalized spacial score (nSPS) is 10.2. The van der Waals surface area contributed by atoms with Crippen molar-refractivity contribution in [1.29, 1.82) is 0 Å². The molecular formula is C22H21N3O4. The van der Waals surface area contributed by atoms with Crippen LogP contribution < -0.4 is 20.9 Å². The fourth-order valence-electron chi connectivity index (χ4n) is 2.69. The Balaban J connectivity index is 1.50. The number of nitrogens with one attached hydrogen (secondary N) is 2. The number of ether oxygens (including phenoxy) is 1. The molecule has 0 radical (unpaired) electrons. The van der Waals surface area contributed by atoms with E-state index in [1.54, 1.807) is 66.4 Å². The molecule has 0 saturated carbocycles. The number of pyridine rings is 1. The van der Waals surface area contributed by atoms with E-state index in [1.165, 1.54) is 6.07 Å². The maximum absolute atomic E-state index is 12.1. The van der Waals surface area contributed by atoms with Crippen LogP contribution in [0, 0.1) is 0 Å². The highest BCUT2D eigenvalue weighted by Crippen LogP contribution is 2.12. The van der Waals surface area contributed by atoms with E-state index in [4.69, 9.17) is 4.74 Å². The number of methoxy groups -OCH3 is 1. The summed E-state index contributed by atoms with van der Waals surface area (Å²) in [6.45, 7) is 0.303. The topological polar surface area (TPSA) is 89.4 Å². The number of carbonyl (C=O) groups is 2. The number of hydrogen-bond acceptors (Lipinski definition) is 4. The van der Waals surface area contributed by atoms with Gasteiger partial charge in [-0.25, -0.2) is 0 Å². The first-order chi connectivity index (χ1) is 14.0. The van der Waals surface area contributed by atoms with Crippen molar-refractivity contribution in [1.82, 2.24) is 9.88 Å². The van der Waals surface area contributed by atoms with Crippen molar-refractivity contribution in [2.24, 2.45) is 0 Å². The smallest absolute Gasteiger partial charge is 0.251 e. The molecule has 148 valence electrons. The van der Waals surface area contributed by atoms with Crippen LogP contribution in [0.4, 0.5) is 5.69 Å². The van der Waals surface area contributed by atoms with Gasteiger partial charge in [0.1, 0.15) is 5.75 Å². The standard InChI is InChI=1S/C22H21N3O4/c1-29-19-11-7-17(8-12-19)22(28)23-14-20(26)24-18-9-5-16(6-10-18)15-25-13-3-2-4-21(25)27/h2-13H,14-15H2,1H3,(H,23,28)(H,24,26). The van der Waals surface area contributed by atoms with Gasteiger partial charge in [0.15, 0.2) is 0 Å². The summed E-state index contributed by atoms with van der Waals surface area (Å²) in [4.78, 5) is 35.9. The van der Waals surface area contributed by atoms with E-state index in [0.717, 1.165) is 5.56 Å². The van der Waals surface area contributed by atoms with Gasteiger partial charge in [-0.05, 0) is 48.0 Å². The van der Waals surface area contributed by atoms with E-state index >= 15 is 0 Å². The molecule has 0 saturated heterocycles. The second-order valence-electron chi connectivity index (χ2n) is 6.32. The molecule has 3 rings (SSSR count). The molecule has 0 aliphatic heterocycles. The summed E-state index contributed by atoms with van der Waals surface area (Å²) < 4.78 is 6.65. The third kappa shape index (κ3) is 5.55. The van der Waals surface area contributed by atoms with Gasteiger partial charge in [-0.15, -0.1) is 0 Å². The molecule has 3 aromatic rings. The quantitative estimate of drug-likeness (QED) is 0.647. The Labute approximate surface area is 167 Å². The average Bonchev–Trinajstić information content (AvgIpc) is 2.75. The van der Waals surface area contributed by atoms with E-state index in [2.05, 4.69) is 10.6 Å². The van der Waals surface area contributed by atoms with E-state index in [0.29, 0.717) is 23.5 Å². The SMILES string of the molecule is COc1ccc(C(=O)NCC(=O)Nc2ccc(Cn3ccccc3=O)cc2)cc1. The maximum Gasteiger partial charge on any atom is 0.251 e. The minimum Gasteiger partial charge on any atom is -0.497 e. The van der Waals surface area contributed by atoms with E-state index in [1.807, 2.05) is 12.1 Å². The molecule has 0 aliphatic rings. The number of rotatable bonds is 7. The first-order valence-corrected chi connectivity index (χ1v) is 9.01. The van der Waals surface area contributed by atoms with Crippen molar-refractivity contribution in [3.05, 3.63) is 94.4 Å².